The fourth-order valence-electron chi connectivity index (χ4n) is 3.32. The summed E-state index contributed by atoms with van der Waals surface area (Å²) in [5, 5.41) is 9.71. The monoisotopic (exact) mass is 300 g/mol. The van der Waals surface area contributed by atoms with E-state index in [-0.39, 0.29) is 23.6 Å². The van der Waals surface area contributed by atoms with Gasteiger partial charge in [-0.2, -0.15) is 13.2 Å². The normalized spacial score (nSPS) is 28.8. The van der Waals surface area contributed by atoms with Crippen molar-refractivity contribution < 1.29 is 23.1 Å². The first-order chi connectivity index (χ1) is 9.86. The van der Waals surface area contributed by atoms with Gasteiger partial charge in [-0.05, 0) is 37.8 Å². The van der Waals surface area contributed by atoms with Gasteiger partial charge in [-0.1, -0.05) is 0 Å². The van der Waals surface area contributed by atoms with Gasteiger partial charge in [-0.3, -0.25) is 9.78 Å². The van der Waals surface area contributed by atoms with Crippen LogP contribution in [0.5, 0.6) is 0 Å². The minimum atomic E-state index is -4.50. The van der Waals surface area contributed by atoms with Crippen molar-refractivity contribution in [3.05, 3.63) is 29.6 Å². The molecule has 1 N–H and O–H groups in total. The van der Waals surface area contributed by atoms with E-state index in [0.717, 1.165) is 25.1 Å². The van der Waals surface area contributed by atoms with Crippen molar-refractivity contribution in [2.45, 2.75) is 50.0 Å². The van der Waals surface area contributed by atoms with Crippen molar-refractivity contribution in [2.24, 2.45) is 0 Å². The SMILES string of the molecule is O=C(c1ccc(C(F)(F)F)nc1)N1C2CCC1CC(O)C2. The molecule has 7 heteroatoms. The lowest BCUT2D eigenvalue weighted by Crippen LogP contribution is -2.48. The highest BCUT2D eigenvalue weighted by molar-refractivity contribution is 5.94. The van der Waals surface area contributed by atoms with Crippen molar-refractivity contribution in [2.75, 3.05) is 0 Å². The molecule has 2 atom stereocenters. The molecule has 0 saturated carbocycles. The maximum absolute atomic E-state index is 12.5. The van der Waals surface area contributed by atoms with Crippen LogP contribution in [0.1, 0.15) is 41.7 Å². The number of piperidine rings is 1. The van der Waals surface area contributed by atoms with E-state index < -0.39 is 18.0 Å². The minimum absolute atomic E-state index is 0.0199. The zero-order valence-corrected chi connectivity index (χ0v) is 11.2. The van der Waals surface area contributed by atoms with Crippen molar-refractivity contribution in [3.8, 4) is 0 Å². The molecule has 2 saturated heterocycles. The van der Waals surface area contributed by atoms with Crippen LogP contribution in [-0.4, -0.2) is 39.1 Å². The average Bonchev–Trinajstić information content (AvgIpc) is 2.69. The van der Waals surface area contributed by atoms with Gasteiger partial charge >= 0.3 is 6.18 Å². The molecular formula is C14H15F3N2O2. The molecule has 0 spiro atoms. The van der Waals surface area contributed by atoms with E-state index >= 15 is 0 Å². The zero-order chi connectivity index (χ0) is 15.2. The number of pyridine rings is 1. The molecule has 2 fully saturated rings. The van der Waals surface area contributed by atoms with E-state index in [1.807, 2.05) is 0 Å². The molecule has 114 valence electrons. The number of aliphatic hydroxyl groups excluding tert-OH is 1. The quantitative estimate of drug-likeness (QED) is 0.865. The summed E-state index contributed by atoms with van der Waals surface area (Å²) in [5.41, 5.74) is -0.840. The standard InChI is InChI=1S/C14H15F3N2O2/c15-14(16,17)12-4-1-8(7-18-12)13(21)19-9-2-3-10(19)6-11(20)5-9/h1,4,7,9-11,20H,2-3,5-6H2. The predicted octanol–water partition coefficient (Wildman–Crippen LogP) is 2.23. The summed E-state index contributed by atoms with van der Waals surface area (Å²) in [6, 6.07) is 1.96. The summed E-state index contributed by atoms with van der Waals surface area (Å²) in [6.07, 6.45) is -1.17. The fraction of sp³-hybridized carbons (Fsp3) is 0.571. The number of hydrogen-bond acceptors (Lipinski definition) is 3. The molecule has 0 radical (unpaired) electrons. The lowest BCUT2D eigenvalue weighted by molar-refractivity contribution is -0.141. The zero-order valence-electron chi connectivity index (χ0n) is 11.2. The second kappa shape index (κ2) is 4.98. The molecule has 1 aromatic rings. The van der Waals surface area contributed by atoms with E-state index in [9.17, 15) is 23.1 Å². The lowest BCUT2D eigenvalue weighted by Gasteiger charge is -2.37. The van der Waals surface area contributed by atoms with Gasteiger partial charge in [0.2, 0.25) is 0 Å². The predicted molar refractivity (Wildman–Crippen MR) is 67.5 cm³/mol. The molecule has 1 aromatic heterocycles. The summed E-state index contributed by atoms with van der Waals surface area (Å²) in [6.45, 7) is 0. The molecular weight excluding hydrogens is 285 g/mol. The molecule has 2 bridgehead atoms. The van der Waals surface area contributed by atoms with Crippen molar-refractivity contribution in [3.63, 3.8) is 0 Å². The van der Waals surface area contributed by atoms with Gasteiger partial charge in [0.05, 0.1) is 11.7 Å². The first-order valence-corrected chi connectivity index (χ1v) is 6.90. The topological polar surface area (TPSA) is 53.4 Å². The number of hydrogen-bond donors (Lipinski definition) is 1. The smallest absolute Gasteiger partial charge is 0.393 e. The Morgan fingerprint density at radius 3 is 2.33 bits per heavy atom. The highest BCUT2D eigenvalue weighted by atomic mass is 19.4. The molecule has 3 rings (SSSR count). The number of halogens is 3. The highest BCUT2D eigenvalue weighted by Gasteiger charge is 2.43. The number of aliphatic hydroxyl groups is 1. The Balaban J connectivity index is 1.80. The van der Waals surface area contributed by atoms with Gasteiger partial charge < -0.3 is 10.0 Å². The van der Waals surface area contributed by atoms with Crippen LogP contribution in [0.15, 0.2) is 18.3 Å². The van der Waals surface area contributed by atoms with Crippen LogP contribution in [0.2, 0.25) is 0 Å². The highest BCUT2D eigenvalue weighted by Crippen LogP contribution is 2.37. The summed E-state index contributed by atoms with van der Waals surface area (Å²) < 4.78 is 37.4. The first-order valence-electron chi connectivity index (χ1n) is 6.90. The van der Waals surface area contributed by atoms with Crippen LogP contribution in [0, 0.1) is 0 Å². The van der Waals surface area contributed by atoms with Gasteiger partial charge in [-0.15, -0.1) is 0 Å². The molecule has 0 aliphatic carbocycles. The van der Waals surface area contributed by atoms with Gasteiger partial charge in [0.15, 0.2) is 0 Å². The Labute approximate surface area is 119 Å². The van der Waals surface area contributed by atoms with Crippen LogP contribution in [0.25, 0.3) is 0 Å². The Hall–Kier alpha value is -1.63. The number of amides is 1. The number of alkyl halides is 3. The largest absolute Gasteiger partial charge is 0.433 e. The lowest BCUT2D eigenvalue weighted by atomic mass is 9.99. The number of nitrogens with zero attached hydrogens (tertiary/aromatic N) is 2. The number of carbonyl (C=O) groups is 1. The van der Waals surface area contributed by atoms with Gasteiger partial charge in [0.1, 0.15) is 5.69 Å². The molecule has 2 aliphatic heterocycles. The van der Waals surface area contributed by atoms with Crippen LogP contribution in [0.4, 0.5) is 13.2 Å². The maximum Gasteiger partial charge on any atom is 0.433 e. The second-order valence-electron chi connectivity index (χ2n) is 5.65. The van der Waals surface area contributed by atoms with Crippen LogP contribution >= 0.6 is 0 Å². The molecule has 3 heterocycles. The summed E-state index contributed by atoms with van der Waals surface area (Å²) in [5.74, 6) is -0.296. The Bertz CT molecular complexity index is 530. The minimum Gasteiger partial charge on any atom is -0.393 e. The number of carbonyl (C=O) groups excluding carboxylic acids is 1. The summed E-state index contributed by atoms with van der Waals surface area (Å²) in [7, 11) is 0. The molecule has 21 heavy (non-hydrogen) atoms. The van der Waals surface area contributed by atoms with Crippen molar-refractivity contribution >= 4 is 5.91 Å². The first kappa shape index (κ1) is 14.3. The summed E-state index contributed by atoms with van der Waals surface area (Å²) in [4.78, 5) is 17.5. The van der Waals surface area contributed by atoms with Gasteiger partial charge in [-0.25, -0.2) is 0 Å². The third kappa shape index (κ3) is 2.62. The van der Waals surface area contributed by atoms with Gasteiger partial charge in [0, 0.05) is 18.3 Å². The third-order valence-electron chi connectivity index (χ3n) is 4.24. The van der Waals surface area contributed by atoms with Crippen molar-refractivity contribution in [1.29, 1.82) is 0 Å². The van der Waals surface area contributed by atoms with E-state index in [0.29, 0.717) is 12.8 Å². The number of aromatic nitrogens is 1. The molecule has 1 amide bonds. The Morgan fingerprint density at radius 2 is 1.86 bits per heavy atom. The fourth-order valence-corrected chi connectivity index (χ4v) is 3.32. The number of rotatable bonds is 1. The molecule has 0 aromatic carbocycles. The van der Waals surface area contributed by atoms with Crippen LogP contribution in [-0.2, 0) is 6.18 Å². The van der Waals surface area contributed by atoms with E-state index in [4.69, 9.17) is 0 Å². The Morgan fingerprint density at radius 1 is 1.24 bits per heavy atom. The van der Waals surface area contributed by atoms with E-state index in [1.54, 1.807) is 4.90 Å². The molecule has 2 unspecified atom stereocenters. The van der Waals surface area contributed by atoms with Crippen LogP contribution < -0.4 is 0 Å². The Kier molecular flexibility index (Phi) is 3.39. The van der Waals surface area contributed by atoms with Gasteiger partial charge in [0.25, 0.3) is 5.91 Å². The molecule has 2 aliphatic rings. The van der Waals surface area contributed by atoms with E-state index in [2.05, 4.69) is 4.98 Å². The maximum atomic E-state index is 12.5. The van der Waals surface area contributed by atoms with Crippen molar-refractivity contribution in [1.82, 2.24) is 9.88 Å². The van der Waals surface area contributed by atoms with Crippen LogP contribution in [0.3, 0.4) is 0 Å². The average molecular weight is 300 g/mol. The summed E-state index contributed by atoms with van der Waals surface area (Å²) >= 11 is 0. The second-order valence-corrected chi connectivity index (χ2v) is 5.65. The third-order valence-corrected chi connectivity index (χ3v) is 4.24. The molecule has 4 nitrogen and oxygen atoms in total. The van der Waals surface area contributed by atoms with E-state index in [1.165, 1.54) is 6.07 Å². The number of fused-ring (bicyclic) bond motifs is 2.